The zero-order valence-corrected chi connectivity index (χ0v) is 11.1. The van der Waals surface area contributed by atoms with Gasteiger partial charge in [-0.1, -0.05) is 17.7 Å². The van der Waals surface area contributed by atoms with E-state index in [-0.39, 0.29) is 0 Å². The third kappa shape index (κ3) is 3.64. The number of benzene rings is 1. The smallest absolute Gasteiger partial charge is 0.0992 e. The lowest BCUT2D eigenvalue weighted by Gasteiger charge is -2.21. The first-order valence-corrected chi connectivity index (χ1v) is 7.10. The first-order chi connectivity index (χ1) is 8.29. The number of rotatable bonds is 3. The highest BCUT2D eigenvalue weighted by Crippen LogP contribution is 2.28. The van der Waals surface area contributed by atoms with Gasteiger partial charge in [-0.3, -0.25) is 0 Å². The molecule has 17 heavy (non-hydrogen) atoms. The van der Waals surface area contributed by atoms with Crippen molar-refractivity contribution in [2.75, 3.05) is 13.2 Å². The van der Waals surface area contributed by atoms with Crippen molar-refractivity contribution < 1.29 is 4.74 Å². The molecular weight excluding hydrogens is 254 g/mol. The molecule has 0 radical (unpaired) electrons. The zero-order valence-electron chi connectivity index (χ0n) is 9.49. The lowest BCUT2D eigenvalue weighted by molar-refractivity contribution is 0.1000. The molecule has 4 heteroatoms. The lowest BCUT2D eigenvalue weighted by Crippen LogP contribution is -2.17. The molecular formula is C13H14ClNOS. The summed E-state index contributed by atoms with van der Waals surface area (Å²) < 4.78 is 5.33. The van der Waals surface area contributed by atoms with Crippen LogP contribution in [0.1, 0.15) is 24.0 Å². The molecule has 1 heterocycles. The average molecular weight is 268 g/mol. The van der Waals surface area contributed by atoms with Gasteiger partial charge in [-0.15, -0.1) is 0 Å². The predicted molar refractivity (Wildman–Crippen MR) is 71.3 cm³/mol. The third-order valence-electron chi connectivity index (χ3n) is 2.83. The largest absolute Gasteiger partial charge is 0.381 e. The van der Waals surface area contributed by atoms with E-state index in [0.717, 1.165) is 37.4 Å². The van der Waals surface area contributed by atoms with Crippen molar-refractivity contribution in [2.45, 2.75) is 23.8 Å². The predicted octanol–water partition coefficient (Wildman–Crippen LogP) is 3.62. The minimum Gasteiger partial charge on any atom is -0.381 e. The van der Waals surface area contributed by atoms with Gasteiger partial charge in [0.2, 0.25) is 0 Å². The summed E-state index contributed by atoms with van der Waals surface area (Å²) in [4.78, 5) is 0. The molecule has 0 aliphatic carbocycles. The number of thioether (sulfide) groups is 1. The summed E-state index contributed by atoms with van der Waals surface area (Å²) in [5, 5.41) is 10.1. The number of nitriles is 1. The van der Waals surface area contributed by atoms with Crippen molar-refractivity contribution in [3.05, 3.63) is 34.3 Å². The minimum atomic E-state index is 0.620. The molecule has 0 spiro atoms. The van der Waals surface area contributed by atoms with Gasteiger partial charge >= 0.3 is 0 Å². The number of nitrogens with zero attached hydrogens (tertiary/aromatic N) is 1. The molecule has 0 bridgehead atoms. The second kappa shape index (κ2) is 6.30. The van der Waals surface area contributed by atoms with Crippen LogP contribution < -0.4 is 0 Å². The minimum absolute atomic E-state index is 0.620. The van der Waals surface area contributed by atoms with E-state index in [9.17, 15) is 0 Å². The highest BCUT2D eigenvalue weighted by atomic mass is 35.5. The van der Waals surface area contributed by atoms with Gasteiger partial charge in [-0.05, 0) is 30.5 Å². The highest BCUT2D eigenvalue weighted by molar-refractivity contribution is 7.99. The fraction of sp³-hybridized carbons (Fsp3) is 0.462. The zero-order chi connectivity index (χ0) is 12.1. The Labute approximate surface area is 111 Å². The summed E-state index contributed by atoms with van der Waals surface area (Å²) in [6.07, 6.45) is 2.25. The van der Waals surface area contributed by atoms with Gasteiger partial charge in [-0.25, -0.2) is 0 Å². The van der Waals surface area contributed by atoms with E-state index >= 15 is 0 Å². The molecule has 1 fully saturated rings. The highest BCUT2D eigenvalue weighted by Gasteiger charge is 2.14. The monoisotopic (exact) mass is 267 g/mol. The molecule has 0 N–H and O–H groups in total. The normalized spacial score (nSPS) is 16.7. The van der Waals surface area contributed by atoms with Crippen molar-refractivity contribution in [2.24, 2.45) is 0 Å². The molecule has 0 atom stereocenters. The Hall–Kier alpha value is -0.690. The topological polar surface area (TPSA) is 33.0 Å². The van der Waals surface area contributed by atoms with Gasteiger partial charge in [0.25, 0.3) is 0 Å². The van der Waals surface area contributed by atoms with E-state index in [1.54, 1.807) is 6.07 Å². The van der Waals surface area contributed by atoms with Gasteiger partial charge in [-0.2, -0.15) is 17.0 Å². The fourth-order valence-corrected chi connectivity index (χ4v) is 3.30. The van der Waals surface area contributed by atoms with Crippen LogP contribution in [0.15, 0.2) is 18.2 Å². The average Bonchev–Trinajstić information content (AvgIpc) is 2.38. The molecule has 2 rings (SSSR count). The number of ether oxygens (including phenoxy) is 1. The molecule has 0 unspecified atom stereocenters. The van der Waals surface area contributed by atoms with Crippen LogP contribution >= 0.6 is 23.4 Å². The van der Waals surface area contributed by atoms with Crippen LogP contribution in [0, 0.1) is 11.3 Å². The Bertz CT molecular complexity index is 424. The van der Waals surface area contributed by atoms with Crippen molar-refractivity contribution in [3.8, 4) is 6.07 Å². The van der Waals surface area contributed by atoms with Crippen molar-refractivity contribution in [3.63, 3.8) is 0 Å². The molecule has 1 aromatic rings. The van der Waals surface area contributed by atoms with Crippen molar-refractivity contribution >= 4 is 23.4 Å². The summed E-state index contributed by atoms with van der Waals surface area (Å²) in [5.74, 6) is 0.912. The van der Waals surface area contributed by atoms with Crippen LogP contribution in [0.3, 0.4) is 0 Å². The SMILES string of the molecule is N#Cc1ccc(CSC2CCOCC2)c(Cl)c1. The molecule has 1 aliphatic rings. The Morgan fingerprint density at radius 3 is 2.82 bits per heavy atom. The quantitative estimate of drug-likeness (QED) is 0.839. The maximum Gasteiger partial charge on any atom is 0.0992 e. The molecule has 0 aromatic heterocycles. The Morgan fingerprint density at radius 1 is 1.41 bits per heavy atom. The molecule has 1 aromatic carbocycles. The number of hydrogen-bond donors (Lipinski definition) is 0. The second-order valence-electron chi connectivity index (χ2n) is 4.04. The Balaban J connectivity index is 1.92. The van der Waals surface area contributed by atoms with Gasteiger partial charge in [0.1, 0.15) is 0 Å². The summed E-state index contributed by atoms with van der Waals surface area (Å²) in [6, 6.07) is 7.61. The maximum absolute atomic E-state index is 8.76. The lowest BCUT2D eigenvalue weighted by atomic mass is 10.2. The fourth-order valence-electron chi connectivity index (χ4n) is 1.78. The van der Waals surface area contributed by atoms with Gasteiger partial charge in [0, 0.05) is 29.2 Å². The second-order valence-corrected chi connectivity index (χ2v) is 5.74. The first-order valence-electron chi connectivity index (χ1n) is 5.67. The third-order valence-corrected chi connectivity index (χ3v) is 4.60. The summed E-state index contributed by atoms with van der Waals surface area (Å²) >= 11 is 8.07. The molecule has 1 aliphatic heterocycles. The number of halogens is 1. The van der Waals surface area contributed by atoms with E-state index in [1.807, 2.05) is 23.9 Å². The van der Waals surface area contributed by atoms with Gasteiger partial charge in [0.05, 0.1) is 11.6 Å². The van der Waals surface area contributed by atoms with Crippen LogP contribution in [0.2, 0.25) is 5.02 Å². The first kappa shape index (κ1) is 12.8. The molecule has 1 saturated heterocycles. The van der Waals surface area contributed by atoms with Crippen LogP contribution in [0.25, 0.3) is 0 Å². The van der Waals surface area contributed by atoms with E-state index in [1.165, 1.54) is 0 Å². The van der Waals surface area contributed by atoms with Gasteiger partial charge < -0.3 is 4.74 Å². The van der Waals surface area contributed by atoms with Crippen molar-refractivity contribution in [1.82, 2.24) is 0 Å². The summed E-state index contributed by atoms with van der Waals surface area (Å²) in [6.45, 7) is 1.75. The maximum atomic E-state index is 8.76. The van der Waals surface area contributed by atoms with E-state index < -0.39 is 0 Å². The summed E-state index contributed by atoms with van der Waals surface area (Å²) in [7, 11) is 0. The molecule has 0 saturated carbocycles. The molecule has 0 amide bonds. The van der Waals surface area contributed by atoms with Crippen LogP contribution in [-0.2, 0) is 10.5 Å². The Morgan fingerprint density at radius 2 is 2.18 bits per heavy atom. The molecule has 90 valence electrons. The Kier molecular flexibility index (Phi) is 4.73. The molecule has 2 nitrogen and oxygen atoms in total. The van der Waals surface area contributed by atoms with Crippen LogP contribution in [-0.4, -0.2) is 18.5 Å². The number of hydrogen-bond acceptors (Lipinski definition) is 3. The van der Waals surface area contributed by atoms with Crippen LogP contribution in [0.4, 0.5) is 0 Å². The van der Waals surface area contributed by atoms with E-state index in [0.29, 0.717) is 15.8 Å². The van der Waals surface area contributed by atoms with E-state index in [4.69, 9.17) is 21.6 Å². The summed E-state index contributed by atoms with van der Waals surface area (Å²) in [5.41, 5.74) is 1.73. The van der Waals surface area contributed by atoms with Crippen LogP contribution in [0.5, 0.6) is 0 Å². The van der Waals surface area contributed by atoms with E-state index in [2.05, 4.69) is 6.07 Å². The standard InChI is InChI=1S/C13H14ClNOS/c14-13-7-10(8-15)1-2-11(13)9-17-12-3-5-16-6-4-12/h1-2,7,12H,3-6,9H2. The van der Waals surface area contributed by atoms with Gasteiger partial charge in [0.15, 0.2) is 0 Å². The van der Waals surface area contributed by atoms with Crippen molar-refractivity contribution in [1.29, 1.82) is 5.26 Å².